The molecule has 0 saturated heterocycles. The van der Waals surface area contributed by atoms with E-state index in [1.165, 1.54) is 0 Å². The smallest absolute Gasteiger partial charge is 0.251 e. The third kappa shape index (κ3) is 3.96. The number of hydrogen-bond acceptors (Lipinski definition) is 2. The lowest BCUT2D eigenvalue weighted by atomic mass is 10.2. The van der Waals surface area contributed by atoms with Crippen molar-refractivity contribution in [3.8, 4) is 0 Å². The summed E-state index contributed by atoms with van der Waals surface area (Å²) in [6.45, 7) is 1.17. The molecule has 3 N–H and O–H groups in total. The highest BCUT2D eigenvalue weighted by Gasteiger charge is 2.06. The second kappa shape index (κ2) is 6.30. The summed E-state index contributed by atoms with van der Waals surface area (Å²) in [5, 5.41) is 3.37. The van der Waals surface area contributed by atoms with Crippen LogP contribution in [0.5, 0.6) is 0 Å². The lowest BCUT2D eigenvalue weighted by molar-refractivity contribution is 0.0953. The van der Waals surface area contributed by atoms with Crippen molar-refractivity contribution >= 4 is 40.1 Å². The van der Waals surface area contributed by atoms with Crippen LogP contribution in [0.2, 0.25) is 5.02 Å². The Morgan fingerprint density at radius 1 is 1.53 bits per heavy atom. The number of nitrogens with one attached hydrogen (secondary N) is 1. The van der Waals surface area contributed by atoms with Gasteiger partial charge >= 0.3 is 0 Å². The molecule has 0 bridgehead atoms. The average molecular weight is 339 g/mol. The van der Waals surface area contributed by atoms with Crippen LogP contribution in [-0.2, 0) is 0 Å². The average Bonchev–Trinajstić information content (AvgIpc) is 2.22. The second-order valence-electron chi connectivity index (χ2n) is 3.03. The van der Waals surface area contributed by atoms with Gasteiger partial charge in [0.2, 0.25) is 0 Å². The van der Waals surface area contributed by atoms with Crippen LogP contribution >= 0.6 is 34.2 Å². The highest BCUT2D eigenvalue weighted by Crippen LogP contribution is 2.19. The maximum Gasteiger partial charge on any atom is 0.251 e. The fourth-order valence-electron chi connectivity index (χ4n) is 1.04. The van der Waals surface area contributed by atoms with Crippen LogP contribution < -0.4 is 11.1 Å². The molecular weight excluding hydrogens is 326 g/mol. The maximum atomic E-state index is 11.6. The van der Waals surface area contributed by atoms with Crippen molar-refractivity contribution in [2.45, 2.75) is 6.42 Å². The van der Waals surface area contributed by atoms with Crippen molar-refractivity contribution in [2.24, 2.45) is 5.73 Å². The van der Waals surface area contributed by atoms with Crippen LogP contribution in [0.15, 0.2) is 18.2 Å². The van der Waals surface area contributed by atoms with Gasteiger partial charge in [-0.3, -0.25) is 4.79 Å². The summed E-state index contributed by atoms with van der Waals surface area (Å²) < 4.78 is 0.938. The van der Waals surface area contributed by atoms with Gasteiger partial charge < -0.3 is 11.1 Å². The molecule has 0 aromatic heterocycles. The van der Waals surface area contributed by atoms with E-state index in [1.54, 1.807) is 12.1 Å². The number of hydrogen-bond donors (Lipinski definition) is 2. The summed E-state index contributed by atoms with van der Waals surface area (Å²) in [4.78, 5) is 11.6. The zero-order chi connectivity index (χ0) is 11.3. The molecule has 0 unspecified atom stereocenters. The first-order valence-electron chi connectivity index (χ1n) is 4.58. The van der Waals surface area contributed by atoms with Crippen LogP contribution in [0.1, 0.15) is 16.8 Å². The Hall–Kier alpha value is -0.330. The molecule has 82 valence electrons. The van der Waals surface area contributed by atoms with E-state index in [0.29, 0.717) is 23.7 Å². The van der Waals surface area contributed by atoms with Crippen molar-refractivity contribution in [3.63, 3.8) is 0 Å². The SMILES string of the molecule is NCCCNC(=O)c1ccc(I)c(Cl)c1. The number of amides is 1. The van der Waals surface area contributed by atoms with Gasteiger partial charge in [0, 0.05) is 15.7 Å². The van der Waals surface area contributed by atoms with Gasteiger partial charge in [0.05, 0.1) is 5.02 Å². The Morgan fingerprint density at radius 2 is 2.27 bits per heavy atom. The fraction of sp³-hybridized carbons (Fsp3) is 0.300. The minimum Gasteiger partial charge on any atom is -0.352 e. The lowest BCUT2D eigenvalue weighted by Crippen LogP contribution is -2.25. The first-order valence-corrected chi connectivity index (χ1v) is 6.04. The Kier molecular flexibility index (Phi) is 5.35. The molecule has 15 heavy (non-hydrogen) atoms. The Labute approximate surface area is 108 Å². The number of rotatable bonds is 4. The molecule has 0 saturated carbocycles. The summed E-state index contributed by atoms with van der Waals surface area (Å²) in [6, 6.07) is 5.24. The Balaban J connectivity index is 2.62. The van der Waals surface area contributed by atoms with Gasteiger partial charge in [0.1, 0.15) is 0 Å². The molecule has 0 fully saturated rings. The van der Waals surface area contributed by atoms with E-state index in [0.717, 1.165) is 9.99 Å². The van der Waals surface area contributed by atoms with E-state index in [4.69, 9.17) is 17.3 Å². The minimum absolute atomic E-state index is 0.109. The summed E-state index contributed by atoms with van der Waals surface area (Å²) in [6.07, 6.45) is 0.782. The molecule has 1 rings (SSSR count). The molecule has 1 amide bonds. The van der Waals surface area contributed by atoms with Crippen molar-refractivity contribution < 1.29 is 4.79 Å². The third-order valence-corrected chi connectivity index (χ3v) is 3.42. The van der Waals surface area contributed by atoms with Gasteiger partial charge in [0.25, 0.3) is 5.91 Å². The number of carbonyl (C=O) groups is 1. The van der Waals surface area contributed by atoms with Gasteiger partial charge in [-0.1, -0.05) is 11.6 Å². The fourth-order valence-corrected chi connectivity index (χ4v) is 1.56. The zero-order valence-corrected chi connectivity index (χ0v) is 11.0. The van der Waals surface area contributed by atoms with Crippen LogP contribution in [0.25, 0.3) is 0 Å². The molecule has 0 aliphatic heterocycles. The minimum atomic E-state index is -0.109. The van der Waals surface area contributed by atoms with Crippen molar-refractivity contribution in [1.82, 2.24) is 5.32 Å². The maximum absolute atomic E-state index is 11.6. The highest BCUT2D eigenvalue weighted by atomic mass is 127. The Bertz CT molecular complexity index is 357. The number of benzene rings is 1. The highest BCUT2D eigenvalue weighted by molar-refractivity contribution is 14.1. The summed E-state index contributed by atoms with van der Waals surface area (Å²) in [5.41, 5.74) is 5.90. The van der Waals surface area contributed by atoms with Gasteiger partial charge in [-0.15, -0.1) is 0 Å². The summed E-state index contributed by atoms with van der Waals surface area (Å²) >= 11 is 8.03. The van der Waals surface area contributed by atoms with Crippen LogP contribution in [0, 0.1) is 3.57 Å². The van der Waals surface area contributed by atoms with Crippen molar-refractivity contribution in [1.29, 1.82) is 0 Å². The predicted octanol–water partition coefficient (Wildman–Crippen LogP) is 2.02. The van der Waals surface area contributed by atoms with E-state index in [1.807, 2.05) is 6.07 Å². The lowest BCUT2D eigenvalue weighted by Gasteiger charge is -2.05. The molecule has 0 radical (unpaired) electrons. The summed E-state index contributed by atoms with van der Waals surface area (Å²) in [5.74, 6) is -0.109. The molecule has 3 nitrogen and oxygen atoms in total. The number of carbonyl (C=O) groups excluding carboxylic acids is 1. The zero-order valence-electron chi connectivity index (χ0n) is 8.09. The van der Waals surface area contributed by atoms with Crippen LogP contribution in [0.3, 0.4) is 0 Å². The quantitative estimate of drug-likeness (QED) is 0.652. The van der Waals surface area contributed by atoms with E-state index >= 15 is 0 Å². The van der Waals surface area contributed by atoms with Crippen molar-refractivity contribution in [2.75, 3.05) is 13.1 Å². The number of halogens is 2. The molecule has 0 atom stereocenters. The van der Waals surface area contributed by atoms with Crippen molar-refractivity contribution in [3.05, 3.63) is 32.4 Å². The van der Waals surface area contributed by atoms with E-state index < -0.39 is 0 Å². The molecule has 0 aliphatic carbocycles. The van der Waals surface area contributed by atoms with E-state index in [2.05, 4.69) is 27.9 Å². The first kappa shape index (κ1) is 12.7. The van der Waals surface area contributed by atoms with E-state index in [9.17, 15) is 4.79 Å². The predicted molar refractivity (Wildman–Crippen MR) is 70.2 cm³/mol. The molecule has 5 heteroatoms. The molecule has 1 aromatic rings. The Morgan fingerprint density at radius 3 is 2.87 bits per heavy atom. The number of nitrogens with two attached hydrogens (primary N) is 1. The molecular formula is C10H12ClIN2O. The normalized spacial score (nSPS) is 10.1. The van der Waals surface area contributed by atoms with Gasteiger partial charge in [-0.25, -0.2) is 0 Å². The topological polar surface area (TPSA) is 55.1 Å². The second-order valence-corrected chi connectivity index (χ2v) is 4.60. The third-order valence-electron chi connectivity index (χ3n) is 1.85. The van der Waals surface area contributed by atoms with Crippen LogP contribution in [-0.4, -0.2) is 19.0 Å². The molecule has 0 spiro atoms. The summed E-state index contributed by atoms with van der Waals surface area (Å²) in [7, 11) is 0. The van der Waals surface area contributed by atoms with E-state index in [-0.39, 0.29) is 5.91 Å². The van der Waals surface area contributed by atoms with Gasteiger partial charge in [-0.2, -0.15) is 0 Å². The first-order chi connectivity index (χ1) is 7.15. The molecule has 0 heterocycles. The van der Waals surface area contributed by atoms with Gasteiger partial charge in [0.15, 0.2) is 0 Å². The monoisotopic (exact) mass is 338 g/mol. The van der Waals surface area contributed by atoms with Gasteiger partial charge in [-0.05, 0) is 53.8 Å². The standard InChI is InChI=1S/C10H12ClIN2O/c11-8-6-7(2-3-9(8)12)10(15)14-5-1-4-13/h2-3,6H,1,4-5,13H2,(H,14,15). The molecule has 0 aliphatic rings. The van der Waals surface area contributed by atoms with Crippen LogP contribution in [0.4, 0.5) is 0 Å². The largest absolute Gasteiger partial charge is 0.352 e. The molecule has 1 aromatic carbocycles.